The Morgan fingerprint density at radius 1 is 0.743 bits per heavy atom. The van der Waals surface area contributed by atoms with Crippen molar-refractivity contribution in [2.24, 2.45) is 0 Å². The summed E-state index contributed by atoms with van der Waals surface area (Å²) in [6, 6.07) is 12.8. The lowest BCUT2D eigenvalue weighted by molar-refractivity contribution is 0.0591. The summed E-state index contributed by atoms with van der Waals surface area (Å²) in [6.45, 7) is 8.87. The lowest BCUT2D eigenvalue weighted by Crippen LogP contribution is -2.38. The number of aromatic amines is 2. The number of rotatable bonds is 18. The number of aromatic nitrogens is 8. The van der Waals surface area contributed by atoms with E-state index in [1.807, 2.05) is 0 Å². The van der Waals surface area contributed by atoms with E-state index in [0.29, 0.717) is 87.5 Å². The van der Waals surface area contributed by atoms with E-state index in [2.05, 4.69) is 77.3 Å². The summed E-state index contributed by atoms with van der Waals surface area (Å²) < 4.78 is 15.8. The first-order chi connectivity index (χ1) is 34.2. The molecule has 0 bridgehead atoms. The Balaban J connectivity index is 0.838. The van der Waals surface area contributed by atoms with Crippen molar-refractivity contribution in [1.29, 1.82) is 0 Å². The van der Waals surface area contributed by atoms with Crippen LogP contribution in [0.15, 0.2) is 59.6 Å². The van der Waals surface area contributed by atoms with Crippen LogP contribution in [0.2, 0.25) is 0 Å². The number of carbonyl (C=O) groups is 2. The number of H-pyrrole nitrogens is 2. The average Bonchev–Trinajstić information content (AvgIpc) is 4.13. The topological polar surface area (TPSA) is 201 Å². The van der Waals surface area contributed by atoms with E-state index in [0.717, 1.165) is 104 Å². The van der Waals surface area contributed by atoms with Gasteiger partial charge < -0.3 is 44.6 Å². The molecule has 70 heavy (non-hydrogen) atoms. The van der Waals surface area contributed by atoms with Crippen molar-refractivity contribution >= 4 is 79.0 Å². The smallest absolute Gasteiger partial charge is 0.339 e. The third-order valence-corrected chi connectivity index (χ3v) is 14.5. The molecule has 0 aliphatic carbocycles. The molecule has 2 atom stereocenters. The molecule has 17 nitrogen and oxygen atoms in total. The van der Waals surface area contributed by atoms with Gasteiger partial charge in [0.05, 0.1) is 54.3 Å². The van der Waals surface area contributed by atoms with Crippen LogP contribution >= 0.6 is 11.3 Å². The highest BCUT2D eigenvalue weighted by atomic mass is 32.1. The molecule has 8 aromatic rings. The van der Waals surface area contributed by atoms with Gasteiger partial charge in [-0.2, -0.15) is 11.3 Å². The first-order valence-corrected chi connectivity index (χ1v) is 25.3. The molecular weight excluding hydrogens is 905 g/mol. The Hall–Kier alpha value is -6.76. The fourth-order valence-corrected chi connectivity index (χ4v) is 10.9. The zero-order valence-corrected chi connectivity index (χ0v) is 41.1. The molecule has 0 radical (unpaired) electrons. The molecular formula is C52H60N12O5S. The fourth-order valence-electron chi connectivity index (χ4n) is 10.2. The molecule has 0 amide bonds. The Kier molecular flexibility index (Phi) is 14.1. The zero-order chi connectivity index (χ0) is 48.1. The minimum Gasteiger partial charge on any atom is -0.497 e. The monoisotopic (exact) mass is 964 g/mol. The molecule has 4 N–H and O–H groups in total. The molecule has 10 rings (SSSR count). The van der Waals surface area contributed by atoms with E-state index in [9.17, 15) is 9.59 Å². The quantitative estimate of drug-likeness (QED) is 0.0471. The third kappa shape index (κ3) is 10.3. The first kappa shape index (κ1) is 46.9. The molecule has 18 heteroatoms. The second kappa shape index (κ2) is 21.1. The summed E-state index contributed by atoms with van der Waals surface area (Å²) in [5.41, 5.74) is 8.35. The van der Waals surface area contributed by atoms with Gasteiger partial charge in [-0.25, -0.2) is 29.5 Å². The van der Waals surface area contributed by atoms with Gasteiger partial charge in [-0.1, -0.05) is 12.5 Å². The van der Waals surface area contributed by atoms with Gasteiger partial charge in [-0.05, 0) is 129 Å². The Labute approximate surface area is 410 Å². The normalized spacial score (nSPS) is 16.9. The average molecular weight is 965 g/mol. The highest BCUT2D eigenvalue weighted by Gasteiger charge is 2.25. The van der Waals surface area contributed by atoms with Crippen molar-refractivity contribution in [3.05, 3.63) is 99.0 Å². The molecule has 9 heterocycles. The molecule has 2 aliphatic rings. The SMILES string of the molecule is COC(=O)c1cnc2c(c1)[nH]c1nc(Cc3ccsc3)nc(NCCCN3CCCC(c4cc(Cc5nc(NCCCN6CCCCC6C)c6c(n5)[nH]c5cc(C(=O)OC)cnc56)cc(OC)c4)C3)c12. The maximum absolute atomic E-state index is 12.4. The standard InChI is InChI=1S/C52H60N12O5S/c1-31-10-5-6-17-64(31)18-9-14-54-48-44-46-40(26-37(28-56-46)52(66)69-4)58-50(44)62-42(60-48)23-33-20-35(24-38(21-33)67-2)34-11-7-15-63(29-34)16-8-13-53-47-43-45-39(25-36(27-55-45)51(65)68-3)57-49(43)61-41(59-47)22-32-12-19-70-30-32/h12,19-21,24-28,30-31,34H,5-11,13-18,22-23,29H2,1-4H3,(H2,53,57,59,61)(H2,54,58,60,62). The maximum Gasteiger partial charge on any atom is 0.339 e. The van der Waals surface area contributed by atoms with E-state index in [-0.39, 0.29) is 0 Å². The summed E-state index contributed by atoms with van der Waals surface area (Å²) in [5.74, 6) is 3.08. The van der Waals surface area contributed by atoms with Crippen LogP contribution in [-0.4, -0.2) is 135 Å². The van der Waals surface area contributed by atoms with Gasteiger partial charge in [0.2, 0.25) is 0 Å². The summed E-state index contributed by atoms with van der Waals surface area (Å²) in [7, 11) is 4.45. The molecule has 2 saturated heterocycles. The van der Waals surface area contributed by atoms with Gasteiger partial charge in [0.25, 0.3) is 0 Å². The van der Waals surface area contributed by atoms with Crippen molar-refractivity contribution in [3.8, 4) is 5.75 Å². The predicted molar refractivity (Wildman–Crippen MR) is 273 cm³/mol. The number of methoxy groups -OCH3 is 3. The van der Waals surface area contributed by atoms with Crippen molar-refractivity contribution < 1.29 is 23.8 Å². The molecule has 1 aromatic carbocycles. The number of pyridine rings is 2. The van der Waals surface area contributed by atoms with Crippen LogP contribution in [0, 0.1) is 0 Å². The summed E-state index contributed by atoms with van der Waals surface area (Å²) >= 11 is 1.65. The number of hydrogen-bond acceptors (Lipinski definition) is 16. The van der Waals surface area contributed by atoms with Crippen LogP contribution < -0.4 is 15.4 Å². The lowest BCUT2D eigenvalue weighted by Gasteiger charge is -2.33. The lowest BCUT2D eigenvalue weighted by atomic mass is 9.89. The van der Waals surface area contributed by atoms with Crippen molar-refractivity contribution in [3.63, 3.8) is 0 Å². The van der Waals surface area contributed by atoms with E-state index < -0.39 is 11.9 Å². The number of ether oxygens (including phenoxy) is 3. The number of hydrogen-bond donors (Lipinski definition) is 4. The number of nitrogens with zero attached hydrogens (tertiary/aromatic N) is 8. The zero-order valence-electron chi connectivity index (χ0n) is 40.3. The number of piperidine rings is 2. The number of carbonyl (C=O) groups excluding carboxylic acids is 2. The molecule has 364 valence electrons. The molecule has 2 fully saturated rings. The number of esters is 2. The second-order valence-corrected chi connectivity index (χ2v) is 19.4. The Bertz CT molecular complexity index is 3150. The third-order valence-electron chi connectivity index (χ3n) is 13.8. The van der Waals surface area contributed by atoms with Crippen LogP contribution in [0.5, 0.6) is 5.75 Å². The number of benzene rings is 1. The predicted octanol–water partition coefficient (Wildman–Crippen LogP) is 8.51. The second-order valence-electron chi connectivity index (χ2n) is 18.6. The van der Waals surface area contributed by atoms with Crippen LogP contribution in [0.3, 0.4) is 0 Å². The van der Waals surface area contributed by atoms with Crippen molar-refractivity contribution in [2.45, 2.75) is 76.7 Å². The van der Waals surface area contributed by atoms with E-state index in [1.165, 1.54) is 45.2 Å². The number of fused-ring (bicyclic) bond motifs is 6. The molecule has 0 spiro atoms. The Morgan fingerprint density at radius 3 is 1.99 bits per heavy atom. The minimum atomic E-state index is -0.445. The van der Waals surface area contributed by atoms with E-state index >= 15 is 0 Å². The molecule has 2 aliphatic heterocycles. The minimum absolute atomic E-state index is 0.330. The number of thiophene rings is 1. The summed E-state index contributed by atoms with van der Waals surface area (Å²) in [6.07, 6.45) is 12.1. The van der Waals surface area contributed by atoms with Crippen molar-refractivity contribution in [1.82, 2.24) is 49.7 Å². The van der Waals surface area contributed by atoms with Crippen LogP contribution in [0.1, 0.15) is 107 Å². The van der Waals surface area contributed by atoms with Gasteiger partial charge in [0, 0.05) is 57.5 Å². The van der Waals surface area contributed by atoms with Gasteiger partial charge >= 0.3 is 11.9 Å². The van der Waals surface area contributed by atoms with Gasteiger partial charge in [-0.3, -0.25) is 9.97 Å². The first-order valence-electron chi connectivity index (χ1n) is 24.4. The molecule has 2 unspecified atom stereocenters. The van der Waals surface area contributed by atoms with E-state index in [1.54, 1.807) is 36.8 Å². The number of likely N-dealkylation sites (tertiary alicyclic amines) is 2. The molecule has 7 aromatic heterocycles. The van der Waals surface area contributed by atoms with Gasteiger partial charge in [0.1, 0.15) is 51.4 Å². The summed E-state index contributed by atoms with van der Waals surface area (Å²) in [5, 5.41) is 13.1. The Morgan fingerprint density at radius 2 is 1.39 bits per heavy atom. The van der Waals surface area contributed by atoms with Crippen molar-refractivity contribution in [2.75, 3.05) is 77.8 Å². The van der Waals surface area contributed by atoms with Gasteiger partial charge in [-0.15, -0.1) is 0 Å². The number of anilines is 2. The highest BCUT2D eigenvalue weighted by molar-refractivity contribution is 7.07. The largest absolute Gasteiger partial charge is 0.497 e. The summed E-state index contributed by atoms with van der Waals surface area (Å²) in [4.78, 5) is 66.2. The highest BCUT2D eigenvalue weighted by Crippen LogP contribution is 2.34. The van der Waals surface area contributed by atoms with E-state index in [4.69, 9.17) is 39.1 Å². The maximum atomic E-state index is 12.4. The number of nitrogens with one attached hydrogen (secondary N) is 4. The fraction of sp³-hybridized carbons (Fsp3) is 0.423. The van der Waals surface area contributed by atoms with Gasteiger partial charge in [0.15, 0.2) is 0 Å². The molecule has 0 saturated carbocycles. The van der Waals surface area contributed by atoms with Crippen LogP contribution in [-0.2, 0) is 22.3 Å². The van der Waals surface area contributed by atoms with Crippen LogP contribution in [0.4, 0.5) is 11.6 Å². The van der Waals surface area contributed by atoms with Crippen LogP contribution in [0.25, 0.3) is 44.1 Å².